The highest BCUT2D eigenvalue weighted by Crippen LogP contribution is 2.47. The molecule has 6 heterocycles. The molecule has 5 aromatic carbocycles. The van der Waals surface area contributed by atoms with Crippen LogP contribution in [0.25, 0.3) is 104 Å². The van der Waals surface area contributed by atoms with E-state index in [9.17, 15) is 0 Å². The first-order valence-corrected chi connectivity index (χ1v) is 18.9. The van der Waals surface area contributed by atoms with E-state index in [1.165, 1.54) is 69.7 Å². The number of rotatable bonds is 5. The Kier molecular flexibility index (Phi) is 7.00. The van der Waals surface area contributed by atoms with Crippen molar-refractivity contribution >= 4 is 58.8 Å². The summed E-state index contributed by atoms with van der Waals surface area (Å²) in [5.41, 5.74) is 12.8. The van der Waals surface area contributed by atoms with E-state index in [2.05, 4.69) is 148 Å². The molecule has 0 spiro atoms. The highest BCUT2D eigenvalue weighted by Gasteiger charge is 2.22. The number of fused-ring (bicyclic) bond motifs is 10. The third kappa shape index (κ3) is 4.86. The van der Waals surface area contributed by atoms with Gasteiger partial charge >= 0.3 is 0 Å². The van der Waals surface area contributed by atoms with Crippen LogP contribution in [-0.4, -0.2) is 19.4 Å². The molecule has 252 valence electrons. The van der Waals surface area contributed by atoms with Crippen LogP contribution in [0.3, 0.4) is 0 Å². The minimum atomic E-state index is 0.818. The second-order valence-electron chi connectivity index (χ2n) is 13.6. The largest absolute Gasteiger partial charge is 0.299 e. The van der Waals surface area contributed by atoms with Crippen LogP contribution < -0.4 is 0 Å². The molecule has 0 unspecified atom stereocenters. The lowest BCUT2D eigenvalue weighted by Gasteiger charge is -2.12. The Balaban J connectivity index is 1.11. The Labute approximate surface area is 315 Å². The molecule has 11 aromatic rings. The Morgan fingerprint density at radius 1 is 0.407 bits per heavy atom. The number of benzene rings is 5. The Bertz CT molecular complexity index is 3130. The van der Waals surface area contributed by atoms with Crippen molar-refractivity contribution in [1.82, 2.24) is 19.4 Å². The highest BCUT2D eigenvalue weighted by atomic mass is 32.1. The first kappa shape index (κ1) is 30.7. The van der Waals surface area contributed by atoms with Crippen LogP contribution in [-0.2, 0) is 0 Å². The molecule has 0 atom stereocenters. The average Bonchev–Trinajstić information content (AvgIpc) is 3.81. The van der Waals surface area contributed by atoms with Gasteiger partial charge in [0.2, 0.25) is 0 Å². The Morgan fingerprint density at radius 3 is 1.72 bits per heavy atom. The second kappa shape index (κ2) is 12.3. The molecule has 0 bridgehead atoms. The Hall–Kier alpha value is -6.95. The van der Waals surface area contributed by atoms with Gasteiger partial charge in [-0.2, -0.15) is 0 Å². The smallest absolute Gasteiger partial charge is 0.109 e. The van der Waals surface area contributed by atoms with E-state index in [1.54, 1.807) is 12.4 Å². The zero-order valence-corrected chi connectivity index (χ0v) is 29.8. The lowest BCUT2D eigenvalue weighted by molar-refractivity contribution is 1.22. The molecular weight excluding hydrogens is 677 g/mol. The summed E-state index contributed by atoms with van der Waals surface area (Å²) in [7, 11) is 0. The van der Waals surface area contributed by atoms with Crippen LogP contribution in [0, 0.1) is 0 Å². The minimum absolute atomic E-state index is 0.818. The summed E-state index contributed by atoms with van der Waals surface area (Å²) in [6.45, 7) is 0. The zero-order chi connectivity index (χ0) is 35.6. The van der Waals surface area contributed by atoms with Crippen molar-refractivity contribution in [3.63, 3.8) is 0 Å². The highest BCUT2D eigenvalue weighted by molar-refractivity contribution is 7.25. The average molecular weight is 707 g/mol. The van der Waals surface area contributed by atoms with Crippen molar-refractivity contribution in [1.29, 1.82) is 0 Å². The van der Waals surface area contributed by atoms with Crippen LogP contribution in [0.5, 0.6) is 0 Å². The summed E-state index contributed by atoms with van der Waals surface area (Å²) in [5, 5.41) is 6.38. The number of nitrogens with zero attached hydrogens (tertiary/aromatic N) is 4. The standard InChI is InChI=1S/C49H30N4S/c1-2-12-33(13-3-1)46-37-14-4-6-18-44(37)53-48(46)36-25-24-34(28-39(36)47-38-15-5-7-19-45(38)54-49(47)53)31-20-22-32(23-21-31)35-29-42(40-16-8-10-26-50-40)52-43(30-35)41-17-9-11-27-51-41/h1-30H. The van der Waals surface area contributed by atoms with Gasteiger partial charge in [-0.25, -0.2) is 4.98 Å². The van der Waals surface area contributed by atoms with E-state index in [0.29, 0.717) is 0 Å². The van der Waals surface area contributed by atoms with Crippen LogP contribution in [0.2, 0.25) is 0 Å². The van der Waals surface area contributed by atoms with E-state index < -0.39 is 0 Å². The van der Waals surface area contributed by atoms with Gasteiger partial charge in [-0.05, 0) is 87.8 Å². The van der Waals surface area contributed by atoms with Gasteiger partial charge in [0, 0.05) is 44.2 Å². The lowest BCUT2D eigenvalue weighted by atomic mass is 9.95. The topological polar surface area (TPSA) is 43.1 Å². The van der Waals surface area contributed by atoms with E-state index >= 15 is 0 Å². The molecule has 0 aliphatic carbocycles. The Morgan fingerprint density at radius 2 is 1.02 bits per heavy atom. The molecule has 5 heteroatoms. The zero-order valence-electron chi connectivity index (χ0n) is 29.0. The van der Waals surface area contributed by atoms with Crippen LogP contribution >= 0.6 is 11.3 Å². The molecule has 11 rings (SSSR count). The molecule has 0 aliphatic rings. The van der Waals surface area contributed by atoms with Crippen LogP contribution in [0.15, 0.2) is 182 Å². The van der Waals surface area contributed by atoms with Crippen molar-refractivity contribution in [2.75, 3.05) is 0 Å². The molecule has 0 fully saturated rings. The summed E-state index contributed by atoms with van der Waals surface area (Å²) >= 11 is 1.88. The predicted molar refractivity (Wildman–Crippen MR) is 226 cm³/mol. The maximum Gasteiger partial charge on any atom is 0.109 e. The summed E-state index contributed by atoms with van der Waals surface area (Å²) in [6, 6.07) is 60.5. The number of para-hydroxylation sites is 1. The third-order valence-corrected chi connectivity index (χ3v) is 11.6. The summed E-state index contributed by atoms with van der Waals surface area (Å²) < 4.78 is 3.81. The fourth-order valence-electron chi connectivity index (χ4n) is 8.03. The quantitative estimate of drug-likeness (QED) is 0.179. The summed E-state index contributed by atoms with van der Waals surface area (Å²) in [5.74, 6) is 0. The normalized spacial score (nSPS) is 11.7. The maximum absolute atomic E-state index is 4.97. The number of hydrogen-bond donors (Lipinski definition) is 0. The predicted octanol–water partition coefficient (Wildman–Crippen LogP) is 13.1. The molecule has 0 N–H and O–H groups in total. The van der Waals surface area contributed by atoms with Gasteiger partial charge in [0.15, 0.2) is 0 Å². The van der Waals surface area contributed by atoms with Crippen molar-refractivity contribution in [2.45, 2.75) is 0 Å². The van der Waals surface area contributed by atoms with Crippen LogP contribution in [0.1, 0.15) is 0 Å². The van der Waals surface area contributed by atoms with Crippen molar-refractivity contribution < 1.29 is 0 Å². The van der Waals surface area contributed by atoms with Gasteiger partial charge in [-0.15, -0.1) is 11.3 Å². The fourth-order valence-corrected chi connectivity index (χ4v) is 9.27. The van der Waals surface area contributed by atoms with Gasteiger partial charge in [-0.3, -0.25) is 14.4 Å². The van der Waals surface area contributed by atoms with E-state index in [0.717, 1.165) is 33.9 Å². The number of aromatic nitrogens is 4. The fraction of sp³-hybridized carbons (Fsp3) is 0. The monoisotopic (exact) mass is 706 g/mol. The first-order valence-electron chi connectivity index (χ1n) is 18.1. The maximum atomic E-state index is 4.97. The van der Waals surface area contributed by atoms with E-state index in [4.69, 9.17) is 4.98 Å². The minimum Gasteiger partial charge on any atom is -0.299 e. The van der Waals surface area contributed by atoms with Gasteiger partial charge < -0.3 is 0 Å². The number of pyridine rings is 4. The van der Waals surface area contributed by atoms with Crippen molar-refractivity contribution in [2.24, 2.45) is 0 Å². The summed E-state index contributed by atoms with van der Waals surface area (Å²) in [4.78, 5) is 15.5. The first-order chi connectivity index (χ1) is 26.8. The number of thiophene rings is 1. The molecule has 0 amide bonds. The molecular formula is C49H30N4S. The molecule has 0 saturated carbocycles. The molecule has 0 saturated heterocycles. The molecule has 4 nitrogen and oxygen atoms in total. The molecule has 0 aliphatic heterocycles. The SMILES string of the molecule is c1ccc(-c2c3ccccc3n3c4sc5ccccc5c4c4cc(-c5ccc(-c6cc(-c7ccccn7)nc(-c7ccccn7)c6)cc5)ccc4c23)cc1. The van der Waals surface area contributed by atoms with Crippen LogP contribution in [0.4, 0.5) is 0 Å². The van der Waals surface area contributed by atoms with Gasteiger partial charge in [0.25, 0.3) is 0 Å². The number of hydrogen-bond acceptors (Lipinski definition) is 4. The van der Waals surface area contributed by atoms with E-state index in [-0.39, 0.29) is 0 Å². The van der Waals surface area contributed by atoms with E-state index in [1.807, 2.05) is 47.7 Å². The third-order valence-electron chi connectivity index (χ3n) is 10.5. The molecule has 0 radical (unpaired) electrons. The van der Waals surface area contributed by atoms with Crippen molar-refractivity contribution in [3.8, 4) is 56.2 Å². The lowest BCUT2D eigenvalue weighted by Crippen LogP contribution is -1.94. The molecule has 54 heavy (non-hydrogen) atoms. The summed E-state index contributed by atoms with van der Waals surface area (Å²) in [6.07, 6.45) is 3.61. The van der Waals surface area contributed by atoms with Gasteiger partial charge in [0.05, 0.1) is 33.8 Å². The second-order valence-corrected chi connectivity index (χ2v) is 14.6. The van der Waals surface area contributed by atoms with Gasteiger partial charge in [0.1, 0.15) is 4.83 Å². The van der Waals surface area contributed by atoms with Crippen molar-refractivity contribution in [3.05, 3.63) is 182 Å². The molecule has 6 aromatic heterocycles. The van der Waals surface area contributed by atoms with Gasteiger partial charge in [-0.1, -0.05) is 115 Å².